The van der Waals surface area contributed by atoms with Gasteiger partial charge in [0.2, 0.25) is 0 Å². The highest BCUT2D eigenvalue weighted by atomic mass is 35.5. The standard InChI is InChI=1S/C12H19ClN2OS/c1-12(16,10-3-4-11(13)17-10)9-15-7-2-5-14-6-8-15/h3-4,14,16H,2,5-9H2,1H3. The Morgan fingerprint density at radius 2 is 2.29 bits per heavy atom. The maximum Gasteiger partial charge on any atom is 0.109 e. The molecule has 0 aliphatic carbocycles. The largest absolute Gasteiger partial charge is 0.383 e. The molecule has 3 nitrogen and oxygen atoms in total. The second-order valence-corrected chi connectivity index (χ2v) is 6.47. The molecule has 1 aliphatic rings. The van der Waals surface area contributed by atoms with Crippen LogP contribution in [0.1, 0.15) is 18.2 Å². The maximum absolute atomic E-state index is 10.5. The number of β-amino-alcohol motifs (C(OH)–C–C–N with tert-alkyl or cyclic N) is 1. The van der Waals surface area contributed by atoms with Crippen LogP contribution in [0, 0.1) is 0 Å². The molecule has 2 rings (SSSR count). The number of thiophene rings is 1. The molecule has 2 heterocycles. The average molecular weight is 275 g/mol. The summed E-state index contributed by atoms with van der Waals surface area (Å²) in [6.07, 6.45) is 1.14. The molecular weight excluding hydrogens is 256 g/mol. The Labute approximate surface area is 111 Å². The van der Waals surface area contributed by atoms with Crippen molar-refractivity contribution in [2.45, 2.75) is 18.9 Å². The van der Waals surface area contributed by atoms with E-state index in [1.807, 2.05) is 19.1 Å². The van der Waals surface area contributed by atoms with Crippen LogP contribution >= 0.6 is 22.9 Å². The minimum Gasteiger partial charge on any atom is -0.383 e. The quantitative estimate of drug-likeness (QED) is 0.884. The topological polar surface area (TPSA) is 35.5 Å². The lowest BCUT2D eigenvalue weighted by Crippen LogP contribution is -2.40. The van der Waals surface area contributed by atoms with Gasteiger partial charge in [0.25, 0.3) is 0 Å². The fraction of sp³-hybridized carbons (Fsp3) is 0.667. The van der Waals surface area contributed by atoms with Crippen LogP contribution in [-0.4, -0.2) is 42.7 Å². The molecule has 2 N–H and O–H groups in total. The van der Waals surface area contributed by atoms with Crippen molar-refractivity contribution >= 4 is 22.9 Å². The maximum atomic E-state index is 10.5. The summed E-state index contributed by atoms with van der Waals surface area (Å²) < 4.78 is 0.734. The first-order chi connectivity index (χ1) is 8.08. The van der Waals surface area contributed by atoms with Gasteiger partial charge in [-0.25, -0.2) is 0 Å². The summed E-state index contributed by atoms with van der Waals surface area (Å²) in [6.45, 7) is 6.65. The monoisotopic (exact) mass is 274 g/mol. The normalized spacial score (nSPS) is 22.1. The third kappa shape index (κ3) is 3.66. The minimum absolute atomic E-state index is 0.672. The van der Waals surface area contributed by atoms with Crippen molar-refractivity contribution in [1.82, 2.24) is 10.2 Å². The Morgan fingerprint density at radius 3 is 3.00 bits per heavy atom. The SMILES string of the molecule is CC(O)(CN1CCCNCC1)c1ccc(Cl)s1. The number of nitrogens with zero attached hydrogens (tertiary/aromatic N) is 1. The first-order valence-electron chi connectivity index (χ1n) is 5.99. The fourth-order valence-corrected chi connectivity index (χ4v) is 3.26. The van der Waals surface area contributed by atoms with Crippen LogP contribution in [0.25, 0.3) is 0 Å². The van der Waals surface area contributed by atoms with E-state index in [0.29, 0.717) is 6.54 Å². The van der Waals surface area contributed by atoms with Crippen LogP contribution in [0.3, 0.4) is 0 Å². The van der Waals surface area contributed by atoms with E-state index in [4.69, 9.17) is 11.6 Å². The number of nitrogens with one attached hydrogen (secondary N) is 1. The van der Waals surface area contributed by atoms with Gasteiger partial charge in [-0.3, -0.25) is 4.90 Å². The van der Waals surface area contributed by atoms with Crippen molar-refractivity contribution in [3.05, 3.63) is 21.3 Å². The van der Waals surface area contributed by atoms with Gasteiger partial charge >= 0.3 is 0 Å². The molecule has 1 aromatic heterocycles. The van der Waals surface area contributed by atoms with Gasteiger partial charge in [0, 0.05) is 24.5 Å². The Hall–Kier alpha value is -0.130. The lowest BCUT2D eigenvalue weighted by molar-refractivity contribution is 0.0209. The zero-order valence-corrected chi connectivity index (χ0v) is 11.7. The van der Waals surface area contributed by atoms with E-state index in [9.17, 15) is 5.11 Å². The molecule has 1 atom stereocenters. The highest BCUT2D eigenvalue weighted by molar-refractivity contribution is 7.16. The highest BCUT2D eigenvalue weighted by Crippen LogP contribution is 2.31. The van der Waals surface area contributed by atoms with Crippen molar-refractivity contribution in [3.8, 4) is 0 Å². The number of halogens is 1. The van der Waals surface area contributed by atoms with Crippen LogP contribution < -0.4 is 5.32 Å². The van der Waals surface area contributed by atoms with Crippen LogP contribution in [0.5, 0.6) is 0 Å². The third-order valence-electron chi connectivity index (χ3n) is 3.07. The van der Waals surface area contributed by atoms with E-state index in [1.165, 1.54) is 11.3 Å². The molecule has 1 saturated heterocycles. The average Bonchev–Trinajstić information content (AvgIpc) is 2.55. The Bertz CT molecular complexity index is 359. The second kappa shape index (κ2) is 5.67. The van der Waals surface area contributed by atoms with Gasteiger partial charge in [0.1, 0.15) is 5.60 Å². The molecule has 1 fully saturated rings. The van der Waals surface area contributed by atoms with Crippen molar-refractivity contribution in [2.24, 2.45) is 0 Å². The smallest absolute Gasteiger partial charge is 0.109 e. The molecule has 5 heteroatoms. The number of rotatable bonds is 3. The van der Waals surface area contributed by atoms with Gasteiger partial charge in [-0.1, -0.05) is 11.6 Å². The summed E-state index contributed by atoms with van der Waals surface area (Å²) in [7, 11) is 0. The Morgan fingerprint density at radius 1 is 1.47 bits per heavy atom. The Balaban J connectivity index is 2.00. The van der Waals surface area contributed by atoms with Crippen molar-refractivity contribution in [3.63, 3.8) is 0 Å². The molecule has 1 aliphatic heterocycles. The number of hydrogen-bond acceptors (Lipinski definition) is 4. The molecule has 0 radical (unpaired) electrons. The van der Waals surface area contributed by atoms with Crippen LogP contribution in [0.2, 0.25) is 4.34 Å². The van der Waals surface area contributed by atoms with Gasteiger partial charge in [-0.2, -0.15) is 0 Å². The minimum atomic E-state index is -0.803. The van der Waals surface area contributed by atoms with Crippen molar-refractivity contribution in [2.75, 3.05) is 32.7 Å². The Kier molecular flexibility index (Phi) is 4.44. The van der Waals surface area contributed by atoms with Crippen molar-refractivity contribution < 1.29 is 5.11 Å². The lowest BCUT2D eigenvalue weighted by atomic mass is 10.0. The summed E-state index contributed by atoms with van der Waals surface area (Å²) in [5.41, 5.74) is -0.803. The van der Waals surface area contributed by atoms with E-state index in [0.717, 1.165) is 41.8 Å². The third-order valence-corrected chi connectivity index (χ3v) is 4.55. The van der Waals surface area contributed by atoms with Crippen molar-refractivity contribution in [1.29, 1.82) is 0 Å². The molecular formula is C12H19ClN2OS. The zero-order valence-electron chi connectivity index (χ0n) is 10.1. The van der Waals surface area contributed by atoms with Crippen LogP contribution in [0.15, 0.2) is 12.1 Å². The lowest BCUT2D eigenvalue weighted by Gasteiger charge is -2.29. The summed E-state index contributed by atoms with van der Waals surface area (Å²) >= 11 is 7.38. The zero-order chi connectivity index (χ0) is 12.3. The van der Waals surface area contributed by atoms with Gasteiger partial charge in [-0.15, -0.1) is 11.3 Å². The van der Waals surface area contributed by atoms with Gasteiger partial charge in [-0.05, 0) is 38.6 Å². The van der Waals surface area contributed by atoms with E-state index < -0.39 is 5.60 Å². The number of hydrogen-bond donors (Lipinski definition) is 2. The molecule has 0 bridgehead atoms. The van der Waals surface area contributed by atoms with E-state index >= 15 is 0 Å². The van der Waals surface area contributed by atoms with Gasteiger partial charge in [0.15, 0.2) is 0 Å². The first kappa shape index (κ1) is 13.3. The first-order valence-corrected chi connectivity index (χ1v) is 7.19. The fourth-order valence-electron chi connectivity index (χ4n) is 2.18. The van der Waals surface area contributed by atoms with E-state index in [1.54, 1.807) is 0 Å². The predicted molar refractivity (Wildman–Crippen MR) is 72.8 cm³/mol. The van der Waals surface area contributed by atoms with Gasteiger partial charge in [0.05, 0.1) is 4.34 Å². The predicted octanol–water partition coefficient (Wildman–Crippen LogP) is 1.90. The summed E-state index contributed by atoms with van der Waals surface area (Å²) in [5, 5.41) is 13.9. The molecule has 17 heavy (non-hydrogen) atoms. The van der Waals surface area contributed by atoms with E-state index in [-0.39, 0.29) is 0 Å². The summed E-state index contributed by atoms with van der Waals surface area (Å²) in [4.78, 5) is 3.26. The molecule has 96 valence electrons. The highest BCUT2D eigenvalue weighted by Gasteiger charge is 2.28. The van der Waals surface area contributed by atoms with E-state index in [2.05, 4.69) is 10.2 Å². The summed E-state index contributed by atoms with van der Waals surface area (Å²) in [6, 6.07) is 3.77. The molecule has 0 amide bonds. The molecule has 0 spiro atoms. The summed E-state index contributed by atoms with van der Waals surface area (Å²) in [5.74, 6) is 0. The second-order valence-electron chi connectivity index (χ2n) is 4.76. The number of aliphatic hydroxyl groups is 1. The molecule has 1 aromatic rings. The van der Waals surface area contributed by atoms with Crippen LogP contribution in [0.4, 0.5) is 0 Å². The molecule has 1 unspecified atom stereocenters. The molecule has 0 aromatic carbocycles. The van der Waals surface area contributed by atoms with Gasteiger partial charge < -0.3 is 10.4 Å². The molecule has 0 saturated carbocycles. The van der Waals surface area contributed by atoms with Crippen LogP contribution in [-0.2, 0) is 5.60 Å².